The molecule has 0 radical (unpaired) electrons. The zero-order chi connectivity index (χ0) is 13.4. The van der Waals surface area contributed by atoms with E-state index in [4.69, 9.17) is 4.74 Å². The Hall–Kier alpha value is -0.860. The lowest BCUT2D eigenvalue weighted by Crippen LogP contribution is -2.26. The lowest BCUT2D eigenvalue weighted by Gasteiger charge is -2.23. The Bertz CT molecular complexity index is 338. The summed E-state index contributed by atoms with van der Waals surface area (Å²) in [6.07, 6.45) is 2.67. The normalized spacial score (nSPS) is 14.4. The Kier molecular flexibility index (Phi) is 6.99. The Morgan fingerprint density at radius 1 is 1.28 bits per heavy atom. The van der Waals surface area contributed by atoms with Crippen molar-refractivity contribution in [3.05, 3.63) is 35.4 Å². The van der Waals surface area contributed by atoms with Gasteiger partial charge in [0.1, 0.15) is 0 Å². The van der Waals surface area contributed by atoms with Gasteiger partial charge in [-0.2, -0.15) is 0 Å². The molecule has 1 N–H and O–H groups in total. The van der Waals surface area contributed by atoms with E-state index in [2.05, 4.69) is 57.3 Å². The van der Waals surface area contributed by atoms with Gasteiger partial charge in [-0.3, -0.25) is 0 Å². The van der Waals surface area contributed by atoms with Crippen LogP contribution in [0.25, 0.3) is 0 Å². The van der Waals surface area contributed by atoms with Crippen LogP contribution < -0.4 is 5.32 Å². The maximum Gasteiger partial charge on any atom is 0.0952 e. The molecule has 0 fully saturated rings. The maximum absolute atomic E-state index is 6.12. The van der Waals surface area contributed by atoms with Crippen LogP contribution in [0.15, 0.2) is 24.3 Å². The fourth-order valence-corrected chi connectivity index (χ4v) is 1.90. The number of nitrogens with one attached hydrogen (secondary N) is 1. The minimum absolute atomic E-state index is 0.159. The molecule has 0 bridgehead atoms. The highest BCUT2D eigenvalue weighted by molar-refractivity contribution is 5.24. The van der Waals surface area contributed by atoms with Crippen LogP contribution in [0.3, 0.4) is 0 Å². The molecule has 18 heavy (non-hydrogen) atoms. The van der Waals surface area contributed by atoms with Crippen LogP contribution in [-0.2, 0) is 4.74 Å². The van der Waals surface area contributed by atoms with Crippen molar-refractivity contribution >= 4 is 0 Å². The smallest absolute Gasteiger partial charge is 0.0952 e. The standard InChI is InChI=1S/C16H27NO/c1-5-10-17-12-16(18-14(4)6-2)15-9-7-8-13(3)11-15/h7-9,11,14,16-17H,5-6,10,12H2,1-4H3. The van der Waals surface area contributed by atoms with Gasteiger partial charge in [0, 0.05) is 6.54 Å². The van der Waals surface area contributed by atoms with Gasteiger partial charge in [-0.15, -0.1) is 0 Å². The molecule has 0 heterocycles. The minimum atomic E-state index is 0.159. The molecule has 0 spiro atoms. The van der Waals surface area contributed by atoms with Gasteiger partial charge in [-0.05, 0) is 38.8 Å². The van der Waals surface area contributed by atoms with Crippen LogP contribution in [0.1, 0.15) is 50.8 Å². The van der Waals surface area contributed by atoms with Gasteiger partial charge in [0.15, 0.2) is 0 Å². The zero-order valence-electron chi connectivity index (χ0n) is 12.2. The van der Waals surface area contributed by atoms with Crippen molar-refractivity contribution in [3.8, 4) is 0 Å². The van der Waals surface area contributed by atoms with E-state index < -0.39 is 0 Å². The molecule has 102 valence electrons. The predicted octanol–water partition coefficient (Wildman–Crippen LogP) is 3.85. The first-order chi connectivity index (χ1) is 8.67. The van der Waals surface area contributed by atoms with Gasteiger partial charge in [-0.1, -0.05) is 43.7 Å². The molecule has 2 nitrogen and oxygen atoms in total. The number of hydrogen-bond acceptors (Lipinski definition) is 2. The average molecular weight is 249 g/mol. The number of benzene rings is 1. The second kappa shape index (κ2) is 8.28. The molecule has 1 aromatic rings. The lowest BCUT2D eigenvalue weighted by molar-refractivity contribution is -0.00443. The quantitative estimate of drug-likeness (QED) is 0.707. The van der Waals surface area contributed by atoms with Crippen molar-refractivity contribution in [3.63, 3.8) is 0 Å². The second-order valence-corrected chi connectivity index (χ2v) is 4.96. The van der Waals surface area contributed by atoms with Gasteiger partial charge < -0.3 is 10.1 Å². The number of hydrogen-bond donors (Lipinski definition) is 1. The molecule has 1 aromatic carbocycles. The molecule has 2 heteroatoms. The van der Waals surface area contributed by atoms with Crippen LogP contribution in [0.2, 0.25) is 0 Å². The molecule has 0 aromatic heterocycles. The van der Waals surface area contributed by atoms with E-state index in [1.165, 1.54) is 11.1 Å². The summed E-state index contributed by atoms with van der Waals surface area (Å²) in [5, 5.41) is 3.46. The third kappa shape index (κ3) is 5.19. The molecule has 0 amide bonds. The van der Waals surface area contributed by atoms with Crippen LogP contribution in [-0.4, -0.2) is 19.2 Å². The number of aryl methyl sites for hydroxylation is 1. The Balaban J connectivity index is 2.69. The molecule has 2 atom stereocenters. The van der Waals surface area contributed by atoms with Crippen LogP contribution in [0.5, 0.6) is 0 Å². The van der Waals surface area contributed by atoms with E-state index in [0.29, 0.717) is 6.10 Å². The molecule has 0 saturated carbocycles. The molecule has 0 aliphatic rings. The molecular formula is C16H27NO. The van der Waals surface area contributed by atoms with E-state index in [1.54, 1.807) is 0 Å². The Morgan fingerprint density at radius 3 is 2.67 bits per heavy atom. The summed E-state index contributed by atoms with van der Waals surface area (Å²) in [4.78, 5) is 0. The number of ether oxygens (including phenoxy) is 1. The lowest BCUT2D eigenvalue weighted by atomic mass is 10.1. The van der Waals surface area contributed by atoms with E-state index in [0.717, 1.165) is 25.9 Å². The predicted molar refractivity (Wildman–Crippen MR) is 77.9 cm³/mol. The maximum atomic E-state index is 6.12. The van der Waals surface area contributed by atoms with Gasteiger partial charge in [0.2, 0.25) is 0 Å². The van der Waals surface area contributed by atoms with Crippen molar-refractivity contribution in [1.29, 1.82) is 0 Å². The molecular weight excluding hydrogens is 222 g/mol. The fourth-order valence-electron chi connectivity index (χ4n) is 1.90. The SMILES string of the molecule is CCCNCC(OC(C)CC)c1cccc(C)c1. The summed E-state index contributed by atoms with van der Waals surface area (Å²) in [5.41, 5.74) is 2.57. The summed E-state index contributed by atoms with van der Waals surface area (Å²) in [6, 6.07) is 8.62. The van der Waals surface area contributed by atoms with Crippen molar-refractivity contribution in [2.45, 2.75) is 52.7 Å². The van der Waals surface area contributed by atoms with Gasteiger partial charge >= 0.3 is 0 Å². The zero-order valence-corrected chi connectivity index (χ0v) is 12.2. The molecule has 1 rings (SSSR count). The third-order valence-corrected chi connectivity index (χ3v) is 3.14. The van der Waals surface area contributed by atoms with Gasteiger partial charge in [0.25, 0.3) is 0 Å². The Labute approximate surface area is 112 Å². The van der Waals surface area contributed by atoms with Crippen molar-refractivity contribution < 1.29 is 4.74 Å². The first-order valence-corrected chi connectivity index (χ1v) is 7.10. The summed E-state index contributed by atoms with van der Waals surface area (Å²) < 4.78 is 6.12. The van der Waals surface area contributed by atoms with Crippen LogP contribution >= 0.6 is 0 Å². The van der Waals surface area contributed by atoms with Crippen molar-refractivity contribution in [1.82, 2.24) is 5.32 Å². The highest BCUT2D eigenvalue weighted by Crippen LogP contribution is 2.20. The van der Waals surface area contributed by atoms with Crippen molar-refractivity contribution in [2.24, 2.45) is 0 Å². The highest BCUT2D eigenvalue weighted by atomic mass is 16.5. The summed E-state index contributed by atoms with van der Waals surface area (Å²) >= 11 is 0. The Morgan fingerprint density at radius 2 is 2.06 bits per heavy atom. The van der Waals surface area contributed by atoms with E-state index >= 15 is 0 Å². The van der Waals surface area contributed by atoms with Gasteiger partial charge in [-0.25, -0.2) is 0 Å². The van der Waals surface area contributed by atoms with E-state index in [1.807, 2.05) is 0 Å². The number of rotatable bonds is 8. The van der Waals surface area contributed by atoms with Crippen LogP contribution in [0, 0.1) is 6.92 Å². The van der Waals surface area contributed by atoms with Crippen molar-refractivity contribution in [2.75, 3.05) is 13.1 Å². The molecule has 2 unspecified atom stereocenters. The molecule has 0 aliphatic carbocycles. The highest BCUT2D eigenvalue weighted by Gasteiger charge is 2.14. The average Bonchev–Trinajstić information content (AvgIpc) is 2.37. The van der Waals surface area contributed by atoms with E-state index in [9.17, 15) is 0 Å². The largest absolute Gasteiger partial charge is 0.369 e. The first kappa shape index (κ1) is 15.2. The molecule has 0 aliphatic heterocycles. The summed E-state index contributed by atoms with van der Waals surface area (Å²) in [5.74, 6) is 0. The fraction of sp³-hybridized carbons (Fsp3) is 0.625. The molecule has 0 saturated heterocycles. The summed E-state index contributed by atoms with van der Waals surface area (Å²) in [7, 11) is 0. The third-order valence-electron chi connectivity index (χ3n) is 3.14. The van der Waals surface area contributed by atoms with Crippen LogP contribution in [0.4, 0.5) is 0 Å². The second-order valence-electron chi connectivity index (χ2n) is 4.96. The summed E-state index contributed by atoms with van der Waals surface area (Å²) in [6.45, 7) is 10.6. The minimum Gasteiger partial charge on any atom is -0.369 e. The van der Waals surface area contributed by atoms with Gasteiger partial charge in [0.05, 0.1) is 12.2 Å². The first-order valence-electron chi connectivity index (χ1n) is 7.10. The topological polar surface area (TPSA) is 21.3 Å². The van der Waals surface area contributed by atoms with E-state index in [-0.39, 0.29) is 6.10 Å². The monoisotopic (exact) mass is 249 g/mol.